The van der Waals surface area contributed by atoms with E-state index in [9.17, 15) is 4.79 Å². The van der Waals surface area contributed by atoms with E-state index in [1.165, 1.54) is 43.4 Å². The Hall–Kier alpha value is -0.390. The molecule has 1 saturated carbocycles. The molecule has 0 spiro atoms. The van der Waals surface area contributed by atoms with Gasteiger partial charge in [0.25, 0.3) is 5.91 Å². The third-order valence-corrected chi connectivity index (χ3v) is 5.72. The summed E-state index contributed by atoms with van der Waals surface area (Å²) in [5.74, 6) is 0.205. The predicted octanol–water partition coefficient (Wildman–Crippen LogP) is 3.26. The molecule has 1 amide bonds. The van der Waals surface area contributed by atoms with E-state index < -0.39 is 0 Å². The lowest BCUT2D eigenvalue weighted by molar-refractivity contribution is 0.0722. The van der Waals surface area contributed by atoms with Gasteiger partial charge in [-0.25, -0.2) is 0 Å². The summed E-state index contributed by atoms with van der Waals surface area (Å²) in [7, 11) is 0. The first-order valence-electron chi connectivity index (χ1n) is 7.03. The SMILES string of the molecule is O=C(c1sccc1Br)N(CC1CCCCN1)C1CC1. The highest BCUT2D eigenvalue weighted by atomic mass is 79.9. The van der Waals surface area contributed by atoms with Crippen molar-refractivity contribution in [3.05, 3.63) is 20.8 Å². The number of halogens is 1. The second-order valence-electron chi connectivity index (χ2n) is 5.43. The fourth-order valence-corrected chi connectivity index (χ4v) is 4.17. The van der Waals surface area contributed by atoms with Crippen LogP contribution in [0.5, 0.6) is 0 Å². The van der Waals surface area contributed by atoms with Crippen LogP contribution in [0.1, 0.15) is 41.8 Å². The normalized spacial score (nSPS) is 23.3. The average molecular weight is 343 g/mol. The Morgan fingerprint density at radius 1 is 1.42 bits per heavy atom. The maximum atomic E-state index is 12.7. The molecule has 2 fully saturated rings. The summed E-state index contributed by atoms with van der Waals surface area (Å²) in [5, 5.41) is 5.52. The number of nitrogens with zero attached hydrogens (tertiary/aromatic N) is 1. The van der Waals surface area contributed by atoms with E-state index in [2.05, 4.69) is 26.1 Å². The molecule has 1 aliphatic heterocycles. The number of nitrogens with one attached hydrogen (secondary N) is 1. The molecule has 1 atom stereocenters. The lowest BCUT2D eigenvalue weighted by atomic mass is 10.0. The number of thiophene rings is 1. The Labute approximate surface area is 126 Å². The average Bonchev–Trinajstić information content (AvgIpc) is 3.18. The van der Waals surface area contributed by atoms with E-state index >= 15 is 0 Å². The molecule has 2 heterocycles. The lowest BCUT2D eigenvalue weighted by Crippen LogP contribution is -2.46. The summed E-state index contributed by atoms with van der Waals surface area (Å²) in [5.41, 5.74) is 0. The fourth-order valence-electron chi connectivity index (χ4n) is 2.68. The minimum atomic E-state index is 0.205. The van der Waals surface area contributed by atoms with Gasteiger partial charge in [0.05, 0.1) is 0 Å². The molecule has 104 valence electrons. The number of piperidine rings is 1. The van der Waals surface area contributed by atoms with Crippen molar-refractivity contribution in [3.8, 4) is 0 Å². The van der Waals surface area contributed by atoms with Gasteiger partial charge in [-0.05, 0) is 59.6 Å². The van der Waals surface area contributed by atoms with E-state index in [1.807, 2.05) is 11.4 Å². The van der Waals surface area contributed by atoms with Crippen molar-refractivity contribution in [2.45, 2.75) is 44.2 Å². The zero-order chi connectivity index (χ0) is 13.2. The largest absolute Gasteiger partial charge is 0.333 e. The van der Waals surface area contributed by atoms with Crippen molar-refractivity contribution < 1.29 is 4.79 Å². The molecule has 19 heavy (non-hydrogen) atoms. The zero-order valence-corrected chi connectivity index (χ0v) is 13.3. The van der Waals surface area contributed by atoms with Crippen LogP contribution in [0.25, 0.3) is 0 Å². The van der Waals surface area contributed by atoms with E-state index in [0.29, 0.717) is 12.1 Å². The van der Waals surface area contributed by atoms with Gasteiger partial charge in [0.1, 0.15) is 4.88 Å². The minimum absolute atomic E-state index is 0.205. The van der Waals surface area contributed by atoms with Gasteiger partial charge >= 0.3 is 0 Å². The first-order valence-corrected chi connectivity index (χ1v) is 8.70. The monoisotopic (exact) mass is 342 g/mol. The number of amides is 1. The number of carbonyl (C=O) groups is 1. The summed E-state index contributed by atoms with van der Waals surface area (Å²) < 4.78 is 0.935. The molecular weight excluding hydrogens is 324 g/mol. The quantitative estimate of drug-likeness (QED) is 0.910. The van der Waals surface area contributed by atoms with Crippen molar-refractivity contribution in [1.82, 2.24) is 10.2 Å². The first kappa shape index (κ1) is 13.6. The summed E-state index contributed by atoms with van der Waals surface area (Å²) in [6.45, 7) is 1.97. The number of hydrogen-bond donors (Lipinski definition) is 1. The van der Waals surface area contributed by atoms with Crippen LogP contribution < -0.4 is 5.32 Å². The lowest BCUT2D eigenvalue weighted by Gasteiger charge is -2.30. The van der Waals surface area contributed by atoms with Crippen LogP contribution in [0.3, 0.4) is 0 Å². The van der Waals surface area contributed by atoms with Crippen molar-refractivity contribution in [2.24, 2.45) is 0 Å². The molecule has 3 rings (SSSR count). The summed E-state index contributed by atoms with van der Waals surface area (Å²) >= 11 is 5.01. The molecule has 1 unspecified atom stereocenters. The molecular formula is C14H19BrN2OS. The van der Waals surface area contributed by atoms with Crippen molar-refractivity contribution in [1.29, 1.82) is 0 Å². The van der Waals surface area contributed by atoms with Gasteiger partial charge in [0, 0.05) is 23.1 Å². The Kier molecular flexibility index (Phi) is 4.24. The minimum Gasteiger partial charge on any atom is -0.333 e. The van der Waals surface area contributed by atoms with Crippen molar-refractivity contribution >= 4 is 33.2 Å². The van der Waals surface area contributed by atoms with E-state index in [4.69, 9.17) is 0 Å². The van der Waals surface area contributed by atoms with Gasteiger partial charge in [-0.15, -0.1) is 11.3 Å². The molecule has 1 aliphatic carbocycles. The molecule has 1 aromatic heterocycles. The summed E-state index contributed by atoms with van der Waals surface area (Å²) in [4.78, 5) is 15.6. The van der Waals surface area contributed by atoms with Crippen LogP contribution in [0.2, 0.25) is 0 Å². The van der Waals surface area contributed by atoms with Gasteiger partial charge in [0.15, 0.2) is 0 Å². The fraction of sp³-hybridized carbons (Fsp3) is 0.643. The highest BCUT2D eigenvalue weighted by Crippen LogP contribution is 2.32. The van der Waals surface area contributed by atoms with Crippen LogP contribution in [-0.2, 0) is 0 Å². The molecule has 0 radical (unpaired) electrons. The van der Waals surface area contributed by atoms with Gasteiger partial charge < -0.3 is 10.2 Å². The molecule has 5 heteroatoms. The Morgan fingerprint density at radius 3 is 2.84 bits per heavy atom. The van der Waals surface area contributed by atoms with Crippen LogP contribution >= 0.6 is 27.3 Å². The maximum Gasteiger partial charge on any atom is 0.265 e. The van der Waals surface area contributed by atoms with E-state index in [1.54, 1.807) is 0 Å². The Balaban J connectivity index is 1.70. The molecule has 0 bridgehead atoms. The summed E-state index contributed by atoms with van der Waals surface area (Å²) in [6, 6.07) is 2.92. The summed E-state index contributed by atoms with van der Waals surface area (Å²) in [6.07, 6.45) is 6.09. The molecule has 1 saturated heterocycles. The first-order chi connectivity index (χ1) is 9.25. The Bertz CT molecular complexity index is 452. The van der Waals surface area contributed by atoms with Crippen LogP contribution in [0, 0.1) is 0 Å². The van der Waals surface area contributed by atoms with Gasteiger partial charge in [0.2, 0.25) is 0 Å². The third-order valence-electron chi connectivity index (χ3n) is 3.89. The number of hydrogen-bond acceptors (Lipinski definition) is 3. The van der Waals surface area contributed by atoms with Crippen LogP contribution in [-0.4, -0.2) is 36.0 Å². The predicted molar refractivity (Wildman–Crippen MR) is 81.7 cm³/mol. The van der Waals surface area contributed by atoms with Gasteiger partial charge in [-0.2, -0.15) is 0 Å². The van der Waals surface area contributed by atoms with E-state index in [0.717, 1.165) is 22.4 Å². The van der Waals surface area contributed by atoms with Gasteiger partial charge in [-0.1, -0.05) is 6.42 Å². The number of carbonyl (C=O) groups excluding carboxylic acids is 1. The second-order valence-corrected chi connectivity index (χ2v) is 7.20. The third kappa shape index (κ3) is 3.20. The van der Waals surface area contributed by atoms with Crippen molar-refractivity contribution in [3.63, 3.8) is 0 Å². The molecule has 1 N–H and O–H groups in total. The molecule has 3 nitrogen and oxygen atoms in total. The second kappa shape index (κ2) is 5.94. The van der Waals surface area contributed by atoms with Crippen LogP contribution in [0.4, 0.5) is 0 Å². The molecule has 1 aromatic rings. The zero-order valence-electron chi connectivity index (χ0n) is 10.9. The topological polar surface area (TPSA) is 32.3 Å². The highest BCUT2D eigenvalue weighted by molar-refractivity contribution is 9.10. The standard InChI is InChI=1S/C14H19BrN2OS/c15-12-6-8-19-13(12)14(18)17(11-4-5-11)9-10-3-1-2-7-16-10/h6,8,10-11,16H,1-5,7,9H2. The van der Waals surface area contributed by atoms with Crippen LogP contribution in [0.15, 0.2) is 15.9 Å². The van der Waals surface area contributed by atoms with Gasteiger partial charge in [-0.3, -0.25) is 4.79 Å². The van der Waals surface area contributed by atoms with Crippen molar-refractivity contribution in [2.75, 3.05) is 13.1 Å². The maximum absolute atomic E-state index is 12.7. The smallest absolute Gasteiger partial charge is 0.265 e. The highest BCUT2D eigenvalue weighted by Gasteiger charge is 2.35. The Morgan fingerprint density at radius 2 is 2.26 bits per heavy atom. The number of rotatable bonds is 4. The molecule has 2 aliphatic rings. The van der Waals surface area contributed by atoms with E-state index in [-0.39, 0.29) is 5.91 Å². The molecule has 0 aromatic carbocycles.